The highest BCUT2D eigenvalue weighted by atomic mass is 32.2. The van der Waals surface area contributed by atoms with Gasteiger partial charge < -0.3 is 9.73 Å². The van der Waals surface area contributed by atoms with Crippen molar-refractivity contribution in [1.82, 2.24) is 9.62 Å². The molecule has 0 fully saturated rings. The molecule has 1 N–H and O–H groups in total. The number of sulfonamides is 1. The minimum atomic E-state index is -3.48. The molecule has 6 heteroatoms. The molecule has 110 valence electrons. The van der Waals surface area contributed by atoms with E-state index in [9.17, 15) is 8.42 Å². The summed E-state index contributed by atoms with van der Waals surface area (Å²) in [7, 11) is -3.48. The number of rotatable bonds is 8. The molecule has 0 radical (unpaired) electrons. The van der Waals surface area contributed by atoms with E-state index in [1.807, 2.05) is 13.8 Å². The van der Waals surface area contributed by atoms with Crippen molar-refractivity contribution in [2.75, 3.05) is 19.6 Å². The molecule has 0 aromatic carbocycles. The largest absolute Gasteiger partial charge is 0.447 e. The Kier molecular flexibility index (Phi) is 6.03. The van der Waals surface area contributed by atoms with E-state index >= 15 is 0 Å². The minimum absolute atomic E-state index is 0.0255. The molecule has 1 aromatic rings. The Morgan fingerprint density at radius 1 is 1.26 bits per heavy atom. The summed E-state index contributed by atoms with van der Waals surface area (Å²) in [4.78, 5) is 0. The van der Waals surface area contributed by atoms with E-state index < -0.39 is 10.0 Å². The molecule has 1 heterocycles. The van der Waals surface area contributed by atoms with Crippen molar-refractivity contribution in [3.63, 3.8) is 0 Å². The normalized spacial score (nSPS) is 12.5. The molecule has 19 heavy (non-hydrogen) atoms. The van der Waals surface area contributed by atoms with Crippen LogP contribution in [0.4, 0.5) is 0 Å². The average Bonchev–Trinajstić information content (AvgIpc) is 2.79. The van der Waals surface area contributed by atoms with Crippen LogP contribution < -0.4 is 5.32 Å². The number of nitrogens with one attached hydrogen (secondary N) is 1. The lowest BCUT2D eigenvalue weighted by Gasteiger charge is -2.16. The van der Waals surface area contributed by atoms with E-state index in [-0.39, 0.29) is 5.09 Å². The fourth-order valence-electron chi connectivity index (χ4n) is 1.77. The highest BCUT2D eigenvalue weighted by Crippen LogP contribution is 2.18. The Morgan fingerprint density at radius 2 is 1.89 bits per heavy atom. The fraction of sp³-hybridized carbons (Fsp3) is 0.692. The van der Waals surface area contributed by atoms with Crippen molar-refractivity contribution in [2.45, 2.75) is 39.3 Å². The van der Waals surface area contributed by atoms with Crippen LogP contribution in [0.1, 0.15) is 33.5 Å². The zero-order valence-corrected chi connectivity index (χ0v) is 13.0. The second kappa shape index (κ2) is 7.07. The summed E-state index contributed by atoms with van der Waals surface area (Å²) < 4.78 is 31.2. The Balaban J connectivity index is 2.73. The Bertz CT molecular complexity index is 476. The van der Waals surface area contributed by atoms with Crippen molar-refractivity contribution in [1.29, 1.82) is 0 Å². The lowest BCUT2D eigenvalue weighted by atomic mass is 10.2. The first kappa shape index (κ1) is 16.2. The summed E-state index contributed by atoms with van der Waals surface area (Å²) in [5.41, 5.74) is 0. The first-order valence-electron chi connectivity index (χ1n) is 6.71. The smallest absolute Gasteiger partial charge is 0.276 e. The van der Waals surface area contributed by atoms with E-state index in [0.29, 0.717) is 31.3 Å². The van der Waals surface area contributed by atoms with Gasteiger partial charge in [0.25, 0.3) is 10.0 Å². The van der Waals surface area contributed by atoms with E-state index in [1.54, 1.807) is 6.07 Å². The molecule has 0 saturated heterocycles. The summed E-state index contributed by atoms with van der Waals surface area (Å²) in [5.74, 6) is 1.19. The monoisotopic (exact) mass is 288 g/mol. The number of hydrogen-bond donors (Lipinski definition) is 1. The van der Waals surface area contributed by atoms with Crippen LogP contribution in [0.3, 0.4) is 0 Å². The summed E-state index contributed by atoms with van der Waals surface area (Å²) >= 11 is 0. The molecule has 1 rings (SSSR count). The SMILES string of the molecule is CCN(CC)S(=O)(=O)c1ccc(CNCC(C)C)o1. The van der Waals surface area contributed by atoms with E-state index in [2.05, 4.69) is 19.2 Å². The molecule has 0 aliphatic carbocycles. The lowest BCUT2D eigenvalue weighted by molar-refractivity contribution is 0.371. The van der Waals surface area contributed by atoms with Gasteiger partial charge in [0.1, 0.15) is 5.76 Å². The van der Waals surface area contributed by atoms with Gasteiger partial charge in [-0.15, -0.1) is 0 Å². The topological polar surface area (TPSA) is 62.6 Å². The highest BCUT2D eigenvalue weighted by molar-refractivity contribution is 7.89. The van der Waals surface area contributed by atoms with Crippen LogP contribution in [0.5, 0.6) is 0 Å². The molecular weight excluding hydrogens is 264 g/mol. The number of nitrogens with zero attached hydrogens (tertiary/aromatic N) is 1. The molecule has 0 aliphatic heterocycles. The third-order valence-electron chi connectivity index (χ3n) is 2.79. The quantitative estimate of drug-likeness (QED) is 0.795. The second-order valence-corrected chi connectivity index (χ2v) is 6.70. The summed E-state index contributed by atoms with van der Waals surface area (Å²) in [5, 5.41) is 3.25. The molecule has 5 nitrogen and oxygen atoms in total. The molecule has 0 aliphatic rings. The van der Waals surface area contributed by atoms with Crippen LogP contribution >= 0.6 is 0 Å². The number of hydrogen-bond acceptors (Lipinski definition) is 4. The third kappa shape index (κ3) is 4.33. The van der Waals surface area contributed by atoms with Crippen LogP contribution in [0, 0.1) is 5.92 Å². The number of furan rings is 1. The highest BCUT2D eigenvalue weighted by Gasteiger charge is 2.25. The van der Waals surface area contributed by atoms with Gasteiger partial charge in [-0.25, -0.2) is 8.42 Å². The first-order valence-corrected chi connectivity index (χ1v) is 8.15. The summed E-state index contributed by atoms with van der Waals surface area (Å²) in [6.07, 6.45) is 0. The standard InChI is InChI=1S/C13H24N2O3S/c1-5-15(6-2)19(16,17)13-8-7-12(18-13)10-14-9-11(3)4/h7-8,11,14H,5-6,9-10H2,1-4H3. The maximum Gasteiger partial charge on any atom is 0.276 e. The van der Waals surface area contributed by atoms with Crippen LogP contribution in [0.2, 0.25) is 0 Å². The van der Waals surface area contributed by atoms with Gasteiger partial charge in [0.2, 0.25) is 5.09 Å². The summed E-state index contributed by atoms with van der Waals surface area (Å²) in [6.45, 7) is 10.2. The first-order chi connectivity index (χ1) is 8.91. The van der Waals surface area contributed by atoms with Crippen LogP contribution in [0.25, 0.3) is 0 Å². The van der Waals surface area contributed by atoms with Gasteiger partial charge in [0, 0.05) is 13.1 Å². The van der Waals surface area contributed by atoms with Crippen molar-refractivity contribution < 1.29 is 12.8 Å². The predicted octanol–water partition coefficient (Wildman–Crippen LogP) is 2.06. The van der Waals surface area contributed by atoms with Gasteiger partial charge >= 0.3 is 0 Å². The van der Waals surface area contributed by atoms with Crippen molar-refractivity contribution in [3.05, 3.63) is 17.9 Å². The van der Waals surface area contributed by atoms with E-state index in [4.69, 9.17) is 4.42 Å². The molecule has 1 aromatic heterocycles. The molecule has 0 amide bonds. The molecule has 0 bridgehead atoms. The lowest BCUT2D eigenvalue weighted by Crippen LogP contribution is -2.30. The maximum atomic E-state index is 12.2. The van der Waals surface area contributed by atoms with Gasteiger partial charge in [-0.1, -0.05) is 27.7 Å². The van der Waals surface area contributed by atoms with Crippen LogP contribution in [0.15, 0.2) is 21.6 Å². The average molecular weight is 288 g/mol. The Labute approximate surface area is 116 Å². The van der Waals surface area contributed by atoms with Crippen LogP contribution in [-0.4, -0.2) is 32.4 Å². The van der Waals surface area contributed by atoms with Gasteiger partial charge in [-0.05, 0) is 24.6 Å². The molecule has 0 unspecified atom stereocenters. The van der Waals surface area contributed by atoms with Gasteiger partial charge in [-0.3, -0.25) is 0 Å². The van der Waals surface area contributed by atoms with E-state index in [1.165, 1.54) is 10.4 Å². The molecule has 0 atom stereocenters. The van der Waals surface area contributed by atoms with Crippen LogP contribution in [-0.2, 0) is 16.6 Å². The molecule has 0 saturated carbocycles. The van der Waals surface area contributed by atoms with Crippen molar-refractivity contribution >= 4 is 10.0 Å². The predicted molar refractivity (Wildman–Crippen MR) is 75.4 cm³/mol. The zero-order chi connectivity index (χ0) is 14.5. The molecular formula is C13H24N2O3S. The van der Waals surface area contributed by atoms with Gasteiger partial charge in [0.15, 0.2) is 0 Å². The van der Waals surface area contributed by atoms with Crippen molar-refractivity contribution in [3.8, 4) is 0 Å². The van der Waals surface area contributed by atoms with Gasteiger partial charge in [-0.2, -0.15) is 4.31 Å². The van der Waals surface area contributed by atoms with Crippen molar-refractivity contribution in [2.24, 2.45) is 5.92 Å². The zero-order valence-electron chi connectivity index (χ0n) is 12.1. The Morgan fingerprint density at radius 3 is 2.42 bits per heavy atom. The Hall–Kier alpha value is -0.850. The second-order valence-electron chi connectivity index (χ2n) is 4.83. The fourth-order valence-corrected chi connectivity index (χ4v) is 3.15. The summed E-state index contributed by atoms with van der Waals surface area (Å²) in [6, 6.07) is 3.24. The third-order valence-corrected chi connectivity index (χ3v) is 4.71. The maximum absolute atomic E-state index is 12.2. The minimum Gasteiger partial charge on any atom is -0.447 e. The molecule has 0 spiro atoms. The van der Waals surface area contributed by atoms with Gasteiger partial charge in [0.05, 0.1) is 6.54 Å². The van der Waals surface area contributed by atoms with E-state index in [0.717, 1.165) is 6.54 Å².